The van der Waals surface area contributed by atoms with E-state index in [-0.39, 0.29) is 11.7 Å². The van der Waals surface area contributed by atoms with Crippen LogP contribution in [0.25, 0.3) is 0 Å². The Bertz CT molecular complexity index is 397. The molecule has 1 aromatic rings. The monoisotopic (exact) mass is 221 g/mol. The topological polar surface area (TPSA) is 58.6 Å². The number of phenolic OH excluding ortho intramolecular Hbond substituents is 1. The number of hydrogen-bond acceptors (Lipinski definition) is 3. The predicted molar refractivity (Wildman–Crippen MR) is 60.3 cm³/mol. The first-order valence-electron chi connectivity index (χ1n) is 5.35. The van der Waals surface area contributed by atoms with Gasteiger partial charge in [0.05, 0.1) is 0 Å². The second-order valence-corrected chi connectivity index (χ2v) is 4.19. The molecule has 0 aromatic heterocycles. The third-order valence-electron chi connectivity index (χ3n) is 2.80. The number of benzene rings is 1. The fraction of sp³-hybridized carbons (Fsp3) is 0.417. The van der Waals surface area contributed by atoms with Gasteiger partial charge in [-0.1, -0.05) is 6.07 Å². The Balaban J connectivity index is 2.07. The summed E-state index contributed by atoms with van der Waals surface area (Å²) in [6.45, 7) is 2.42. The zero-order valence-electron chi connectivity index (χ0n) is 9.19. The van der Waals surface area contributed by atoms with E-state index in [0.717, 1.165) is 12.8 Å². The molecule has 1 saturated heterocycles. The van der Waals surface area contributed by atoms with Gasteiger partial charge < -0.3 is 15.2 Å². The van der Waals surface area contributed by atoms with Gasteiger partial charge in [-0.25, -0.2) is 0 Å². The van der Waals surface area contributed by atoms with Crippen molar-refractivity contribution in [2.75, 3.05) is 11.9 Å². The van der Waals surface area contributed by atoms with Crippen LogP contribution >= 0.6 is 0 Å². The lowest BCUT2D eigenvalue weighted by molar-refractivity contribution is -0.133. The third-order valence-corrected chi connectivity index (χ3v) is 2.80. The number of hydrogen-bond donors (Lipinski definition) is 2. The predicted octanol–water partition coefficient (Wildman–Crippen LogP) is 1.90. The number of ether oxygens (including phenoxy) is 1. The smallest absolute Gasteiger partial charge is 0.256 e. The van der Waals surface area contributed by atoms with Crippen LogP contribution in [0.5, 0.6) is 5.75 Å². The molecule has 0 aliphatic carbocycles. The summed E-state index contributed by atoms with van der Waals surface area (Å²) in [6.07, 6.45) is 1.64. The maximum atomic E-state index is 11.9. The first-order valence-corrected chi connectivity index (χ1v) is 5.35. The maximum absolute atomic E-state index is 11.9. The van der Waals surface area contributed by atoms with Gasteiger partial charge >= 0.3 is 0 Å². The molecule has 1 heterocycles. The molecule has 0 spiro atoms. The van der Waals surface area contributed by atoms with Gasteiger partial charge in [-0.05, 0) is 31.9 Å². The lowest BCUT2D eigenvalue weighted by Gasteiger charge is -2.21. The minimum atomic E-state index is -0.731. The zero-order chi connectivity index (χ0) is 11.6. The van der Waals surface area contributed by atoms with E-state index in [1.54, 1.807) is 25.1 Å². The van der Waals surface area contributed by atoms with E-state index >= 15 is 0 Å². The van der Waals surface area contributed by atoms with E-state index in [4.69, 9.17) is 4.74 Å². The van der Waals surface area contributed by atoms with Gasteiger partial charge in [0.2, 0.25) is 0 Å². The van der Waals surface area contributed by atoms with Gasteiger partial charge in [-0.2, -0.15) is 0 Å². The van der Waals surface area contributed by atoms with E-state index < -0.39 is 5.60 Å². The van der Waals surface area contributed by atoms with E-state index in [2.05, 4.69) is 5.32 Å². The van der Waals surface area contributed by atoms with Crippen LogP contribution in [0.1, 0.15) is 19.8 Å². The average Bonchev–Trinajstić information content (AvgIpc) is 2.66. The maximum Gasteiger partial charge on any atom is 0.256 e. The number of carbonyl (C=O) groups is 1. The highest BCUT2D eigenvalue weighted by Gasteiger charge is 2.37. The quantitative estimate of drug-likeness (QED) is 0.801. The summed E-state index contributed by atoms with van der Waals surface area (Å²) in [5.41, 5.74) is -0.146. The Morgan fingerprint density at radius 1 is 1.56 bits per heavy atom. The lowest BCUT2D eigenvalue weighted by atomic mass is 10.0. The molecule has 1 atom stereocenters. The molecule has 1 unspecified atom stereocenters. The summed E-state index contributed by atoms with van der Waals surface area (Å²) in [5.74, 6) is -0.0223. The third kappa shape index (κ3) is 2.17. The Hall–Kier alpha value is -1.55. The second-order valence-electron chi connectivity index (χ2n) is 4.19. The highest BCUT2D eigenvalue weighted by atomic mass is 16.5. The molecule has 0 bridgehead atoms. The van der Waals surface area contributed by atoms with Crippen molar-refractivity contribution in [2.24, 2.45) is 0 Å². The van der Waals surface area contributed by atoms with Gasteiger partial charge in [0.25, 0.3) is 5.91 Å². The van der Waals surface area contributed by atoms with Crippen LogP contribution in [0.4, 0.5) is 5.69 Å². The molecule has 0 radical (unpaired) electrons. The van der Waals surface area contributed by atoms with E-state index in [1.165, 1.54) is 6.07 Å². The number of amides is 1. The number of nitrogens with one attached hydrogen (secondary N) is 1. The van der Waals surface area contributed by atoms with E-state index in [9.17, 15) is 9.90 Å². The second kappa shape index (κ2) is 4.14. The summed E-state index contributed by atoms with van der Waals surface area (Å²) < 4.78 is 5.43. The molecule has 1 amide bonds. The number of aromatic hydroxyl groups is 1. The highest BCUT2D eigenvalue weighted by molar-refractivity contribution is 5.97. The fourth-order valence-electron chi connectivity index (χ4n) is 1.81. The minimum absolute atomic E-state index is 0.135. The molecular weight excluding hydrogens is 206 g/mol. The number of anilines is 1. The SMILES string of the molecule is CC1(C(=O)Nc2cccc(O)c2)CCCO1. The van der Waals surface area contributed by atoms with Crippen molar-refractivity contribution in [1.29, 1.82) is 0 Å². The van der Waals surface area contributed by atoms with Crippen LogP contribution in [0.15, 0.2) is 24.3 Å². The molecule has 1 aliphatic rings. The molecule has 4 heteroatoms. The van der Waals surface area contributed by atoms with Crippen LogP contribution in [-0.4, -0.2) is 23.2 Å². The Morgan fingerprint density at radius 3 is 3.00 bits per heavy atom. The molecule has 86 valence electrons. The van der Waals surface area contributed by atoms with Crippen molar-refractivity contribution in [2.45, 2.75) is 25.4 Å². The molecular formula is C12H15NO3. The first-order chi connectivity index (χ1) is 7.60. The molecule has 1 aliphatic heterocycles. The first kappa shape index (κ1) is 11.0. The van der Waals surface area contributed by atoms with Crippen molar-refractivity contribution in [1.82, 2.24) is 0 Å². The van der Waals surface area contributed by atoms with Crippen molar-refractivity contribution in [3.8, 4) is 5.75 Å². The van der Waals surface area contributed by atoms with Gasteiger partial charge in [-0.15, -0.1) is 0 Å². The van der Waals surface area contributed by atoms with E-state index in [1.807, 2.05) is 0 Å². The Labute approximate surface area is 94.2 Å². The Morgan fingerprint density at radius 2 is 2.38 bits per heavy atom. The van der Waals surface area contributed by atoms with Crippen LogP contribution in [-0.2, 0) is 9.53 Å². The molecule has 1 aromatic carbocycles. The molecule has 2 N–H and O–H groups in total. The summed E-state index contributed by atoms with van der Waals surface area (Å²) in [7, 11) is 0. The van der Waals surface area contributed by atoms with Crippen molar-refractivity contribution in [3.63, 3.8) is 0 Å². The lowest BCUT2D eigenvalue weighted by Crippen LogP contribution is -2.39. The van der Waals surface area contributed by atoms with E-state index in [0.29, 0.717) is 12.3 Å². The normalized spacial score (nSPS) is 24.3. The summed E-state index contributed by atoms with van der Waals surface area (Å²) >= 11 is 0. The summed E-state index contributed by atoms with van der Waals surface area (Å²) in [5, 5.41) is 12.0. The van der Waals surface area contributed by atoms with Crippen LogP contribution in [0, 0.1) is 0 Å². The Kier molecular flexibility index (Phi) is 2.83. The summed E-state index contributed by atoms with van der Waals surface area (Å²) in [4.78, 5) is 11.9. The average molecular weight is 221 g/mol. The largest absolute Gasteiger partial charge is 0.508 e. The van der Waals surface area contributed by atoms with Crippen molar-refractivity contribution >= 4 is 11.6 Å². The van der Waals surface area contributed by atoms with Crippen LogP contribution < -0.4 is 5.32 Å². The van der Waals surface area contributed by atoms with Crippen LogP contribution in [0.3, 0.4) is 0 Å². The number of carbonyl (C=O) groups excluding carboxylic acids is 1. The zero-order valence-corrected chi connectivity index (χ0v) is 9.19. The highest BCUT2D eigenvalue weighted by Crippen LogP contribution is 2.27. The molecule has 16 heavy (non-hydrogen) atoms. The molecule has 2 rings (SSSR count). The van der Waals surface area contributed by atoms with Gasteiger partial charge in [0.15, 0.2) is 0 Å². The van der Waals surface area contributed by atoms with Gasteiger partial charge in [0.1, 0.15) is 11.4 Å². The molecule has 1 fully saturated rings. The molecule has 4 nitrogen and oxygen atoms in total. The fourth-order valence-corrected chi connectivity index (χ4v) is 1.81. The standard InChI is InChI=1S/C12H15NO3/c1-12(6-3-7-16-12)11(15)13-9-4-2-5-10(14)8-9/h2,4-5,8,14H,3,6-7H2,1H3,(H,13,15). The minimum Gasteiger partial charge on any atom is -0.508 e. The number of phenols is 1. The molecule has 0 saturated carbocycles. The van der Waals surface area contributed by atoms with Crippen LogP contribution in [0.2, 0.25) is 0 Å². The summed E-state index contributed by atoms with van der Waals surface area (Å²) in [6, 6.07) is 6.48. The number of rotatable bonds is 2. The van der Waals surface area contributed by atoms with Gasteiger partial charge in [0, 0.05) is 18.4 Å². The van der Waals surface area contributed by atoms with Crippen molar-refractivity contribution in [3.05, 3.63) is 24.3 Å². The van der Waals surface area contributed by atoms with Crippen molar-refractivity contribution < 1.29 is 14.6 Å². The van der Waals surface area contributed by atoms with Gasteiger partial charge in [-0.3, -0.25) is 4.79 Å².